The maximum absolute atomic E-state index is 14.0. The monoisotopic (exact) mass is 348 g/mol. The number of carbonyl (C=O) groups is 1. The van der Waals surface area contributed by atoms with E-state index in [0.29, 0.717) is 37.3 Å². The summed E-state index contributed by atoms with van der Waals surface area (Å²) in [6, 6.07) is 3.51. The highest BCUT2D eigenvalue weighted by Crippen LogP contribution is 2.25. The Kier molecular flexibility index (Phi) is 4.85. The third kappa shape index (κ3) is 3.42. The van der Waals surface area contributed by atoms with Gasteiger partial charge in [0.25, 0.3) is 5.91 Å². The highest BCUT2D eigenvalue weighted by atomic mass is 19.1. The van der Waals surface area contributed by atoms with Crippen molar-refractivity contribution in [2.24, 2.45) is 7.05 Å². The minimum atomic E-state index is -0.573. The van der Waals surface area contributed by atoms with Crippen molar-refractivity contribution in [2.75, 3.05) is 26.2 Å². The van der Waals surface area contributed by atoms with Crippen LogP contribution in [0.25, 0.3) is 0 Å². The van der Waals surface area contributed by atoms with Gasteiger partial charge in [0.1, 0.15) is 11.6 Å². The molecule has 2 aromatic rings. The fourth-order valence-electron chi connectivity index (χ4n) is 3.23. The molecule has 1 aliphatic rings. The molecular formula is C18H22F2N4O. The number of hydrogen-bond donors (Lipinski definition) is 0. The number of benzene rings is 1. The first kappa shape index (κ1) is 17.5. The van der Waals surface area contributed by atoms with E-state index < -0.39 is 11.6 Å². The second-order valence-corrected chi connectivity index (χ2v) is 6.44. The highest BCUT2D eigenvalue weighted by Gasteiger charge is 2.28. The molecule has 3 rings (SSSR count). The Hall–Kier alpha value is -2.28. The predicted octanol–water partition coefficient (Wildman–Crippen LogP) is 2.53. The molecule has 0 unspecified atom stereocenters. The number of piperazine rings is 1. The second-order valence-electron chi connectivity index (χ2n) is 6.44. The van der Waals surface area contributed by atoms with Crippen LogP contribution in [0, 0.1) is 18.6 Å². The molecule has 0 aliphatic carbocycles. The molecule has 134 valence electrons. The van der Waals surface area contributed by atoms with Crippen LogP contribution in [0.4, 0.5) is 8.78 Å². The molecule has 2 heterocycles. The molecule has 0 spiro atoms. The Labute approximate surface area is 145 Å². The molecule has 25 heavy (non-hydrogen) atoms. The summed E-state index contributed by atoms with van der Waals surface area (Å²) in [6.07, 6.45) is 1.60. The quantitative estimate of drug-likeness (QED) is 0.856. The van der Waals surface area contributed by atoms with E-state index in [-0.39, 0.29) is 11.9 Å². The summed E-state index contributed by atoms with van der Waals surface area (Å²) in [6.45, 7) is 6.20. The largest absolute Gasteiger partial charge is 0.336 e. The number of nitrogens with zero attached hydrogens (tertiary/aromatic N) is 4. The summed E-state index contributed by atoms with van der Waals surface area (Å²) in [4.78, 5) is 16.5. The zero-order chi connectivity index (χ0) is 18.1. The Bertz CT molecular complexity index is 781. The first-order chi connectivity index (χ1) is 11.9. The molecule has 0 radical (unpaired) electrons. The van der Waals surface area contributed by atoms with Crippen molar-refractivity contribution in [3.05, 3.63) is 52.9 Å². The smallest absolute Gasteiger partial charge is 0.257 e. The fraction of sp³-hybridized carbons (Fsp3) is 0.444. The van der Waals surface area contributed by atoms with E-state index in [2.05, 4.69) is 10.00 Å². The minimum Gasteiger partial charge on any atom is -0.336 e. The number of rotatable bonds is 3. The van der Waals surface area contributed by atoms with Crippen molar-refractivity contribution in [1.82, 2.24) is 19.6 Å². The van der Waals surface area contributed by atoms with E-state index in [4.69, 9.17) is 0 Å². The summed E-state index contributed by atoms with van der Waals surface area (Å²) in [7, 11) is 1.81. The van der Waals surface area contributed by atoms with Gasteiger partial charge in [0, 0.05) is 56.6 Å². The summed E-state index contributed by atoms with van der Waals surface area (Å²) in [5, 5.41) is 4.12. The van der Waals surface area contributed by atoms with Gasteiger partial charge >= 0.3 is 0 Å². The molecule has 1 fully saturated rings. The molecule has 1 aromatic carbocycles. The van der Waals surface area contributed by atoms with Gasteiger partial charge in [0.15, 0.2) is 0 Å². The van der Waals surface area contributed by atoms with Gasteiger partial charge in [-0.3, -0.25) is 14.4 Å². The number of amides is 1. The number of aryl methyl sites for hydroxylation is 1. The first-order valence-electron chi connectivity index (χ1n) is 8.35. The predicted molar refractivity (Wildman–Crippen MR) is 90.2 cm³/mol. The van der Waals surface area contributed by atoms with Gasteiger partial charge in [-0.05, 0) is 19.9 Å². The molecule has 1 amide bonds. The lowest BCUT2D eigenvalue weighted by Gasteiger charge is -2.38. The topological polar surface area (TPSA) is 41.4 Å². The van der Waals surface area contributed by atoms with E-state index in [1.165, 1.54) is 12.1 Å². The van der Waals surface area contributed by atoms with Crippen molar-refractivity contribution in [3.8, 4) is 0 Å². The van der Waals surface area contributed by atoms with E-state index in [0.717, 1.165) is 11.8 Å². The van der Waals surface area contributed by atoms with E-state index in [1.54, 1.807) is 15.8 Å². The molecule has 1 atom stereocenters. The van der Waals surface area contributed by atoms with Crippen molar-refractivity contribution >= 4 is 5.91 Å². The van der Waals surface area contributed by atoms with E-state index >= 15 is 0 Å². The lowest BCUT2D eigenvalue weighted by atomic mass is 10.0. The average molecular weight is 348 g/mol. The van der Waals surface area contributed by atoms with Crippen LogP contribution >= 0.6 is 0 Å². The second kappa shape index (κ2) is 6.92. The fourth-order valence-corrected chi connectivity index (χ4v) is 3.23. The van der Waals surface area contributed by atoms with Crippen molar-refractivity contribution in [1.29, 1.82) is 0 Å². The maximum Gasteiger partial charge on any atom is 0.257 e. The third-order valence-corrected chi connectivity index (χ3v) is 5.03. The highest BCUT2D eigenvalue weighted by molar-refractivity contribution is 5.95. The molecule has 0 bridgehead atoms. The molecular weight excluding hydrogens is 326 g/mol. The zero-order valence-electron chi connectivity index (χ0n) is 14.7. The number of aromatic nitrogens is 2. The van der Waals surface area contributed by atoms with Gasteiger partial charge in [0.05, 0.1) is 11.8 Å². The third-order valence-electron chi connectivity index (χ3n) is 5.03. The van der Waals surface area contributed by atoms with Gasteiger partial charge in [-0.15, -0.1) is 0 Å². The summed E-state index contributed by atoms with van der Waals surface area (Å²) >= 11 is 0. The van der Waals surface area contributed by atoms with Crippen molar-refractivity contribution in [2.45, 2.75) is 19.9 Å². The van der Waals surface area contributed by atoms with Gasteiger partial charge in [-0.25, -0.2) is 8.78 Å². The van der Waals surface area contributed by atoms with Crippen LogP contribution in [0.3, 0.4) is 0 Å². The average Bonchev–Trinajstić information content (AvgIpc) is 2.93. The van der Waals surface area contributed by atoms with Gasteiger partial charge in [0.2, 0.25) is 0 Å². The summed E-state index contributed by atoms with van der Waals surface area (Å²) in [5.41, 5.74) is 1.94. The van der Waals surface area contributed by atoms with Crippen LogP contribution in [0.1, 0.15) is 34.6 Å². The first-order valence-corrected chi connectivity index (χ1v) is 8.35. The number of halogens is 2. The van der Waals surface area contributed by atoms with E-state index in [1.807, 2.05) is 20.9 Å². The molecule has 1 aromatic heterocycles. The molecule has 1 aliphatic heterocycles. The SMILES string of the molecule is Cc1c(C(=O)N2CCN([C@H](C)c3ccc(F)cc3F)CC2)cnn1C. The van der Waals surface area contributed by atoms with Crippen LogP contribution in [-0.4, -0.2) is 51.7 Å². The molecule has 0 N–H and O–H groups in total. The summed E-state index contributed by atoms with van der Waals surface area (Å²) < 4.78 is 28.8. The lowest BCUT2D eigenvalue weighted by molar-refractivity contribution is 0.0578. The maximum atomic E-state index is 14.0. The number of carbonyl (C=O) groups excluding carboxylic acids is 1. The van der Waals surface area contributed by atoms with Gasteiger partial charge < -0.3 is 4.90 Å². The lowest BCUT2D eigenvalue weighted by Crippen LogP contribution is -2.49. The molecule has 7 heteroatoms. The van der Waals surface area contributed by atoms with Crippen molar-refractivity contribution in [3.63, 3.8) is 0 Å². The Balaban J connectivity index is 1.65. The zero-order valence-corrected chi connectivity index (χ0v) is 14.7. The van der Waals surface area contributed by atoms with Crippen molar-refractivity contribution < 1.29 is 13.6 Å². The Morgan fingerprint density at radius 1 is 1.20 bits per heavy atom. The minimum absolute atomic E-state index is 0.0223. The Morgan fingerprint density at radius 2 is 1.88 bits per heavy atom. The molecule has 1 saturated heterocycles. The number of hydrogen-bond acceptors (Lipinski definition) is 3. The van der Waals surface area contributed by atoms with Crippen LogP contribution in [0.15, 0.2) is 24.4 Å². The van der Waals surface area contributed by atoms with Crippen LogP contribution in [-0.2, 0) is 7.05 Å². The van der Waals surface area contributed by atoms with E-state index in [9.17, 15) is 13.6 Å². The van der Waals surface area contributed by atoms with Gasteiger partial charge in [-0.1, -0.05) is 6.07 Å². The molecule has 5 nitrogen and oxygen atoms in total. The normalized spacial score (nSPS) is 16.9. The summed E-state index contributed by atoms with van der Waals surface area (Å²) in [5.74, 6) is -1.13. The Morgan fingerprint density at radius 3 is 2.44 bits per heavy atom. The van der Waals surface area contributed by atoms with Gasteiger partial charge in [-0.2, -0.15) is 5.10 Å². The molecule has 0 saturated carbocycles. The standard InChI is InChI=1S/C18H22F2N4O/c1-12-16(11-21-22(12)3)18(25)24-8-6-23(7-9-24)13(2)15-5-4-14(19)10-17(15)20/h4-5,10-11,13H,6-9H2,1-3H3/t13-/m1/s1. The van der Waals surface area contributed by atoms with Crippen LogP contribution < -0.4 is 0 Å². The van der Waals surface area contributed by atoms with Crippen LogP contribution in [0.2, 0.25) is 0 Å². The van der Waals surface area contributed by atoms with Crippen LogP contribution in [0.5, 0.6) is 0 Å².